The lowest BCUT2D eigenvalue weighted by molar-refractivity contribution is -0.187. The fourth-order valence-electron chi connectivity index (χ4n) is 2.08. The van der Waals surface area contributed by atoms with E-state index in [0.717, 1.165) is 0 Å². The molecule has 2 aromatic rings. The van der Waals surface area contributed by atoms with Crippen LogP contribution in [0.25, 0.3) is 0 Å². The van der Waals surface area contributed by atoms with E-state index in [1.807, 2.05) is 0 Å². The molecule has 0 heterocycles. The van der Waals surface area contributed by atoms with Gasteiger partial charge in [-0.3, -0.25) is 4.90 Å². The fraction of sp³-hybridized carbons (Fsp3) is 0.300. The van der Waals surface area contributed by atoms with E-state index >= 15 is 0 Å². The Morgan fingerprint density at radius 1 is 0.643 bits per heavy atom. The Morgan fingerprint density at radius 2 is 0.964 bits per heavy atom. The molecule has 2 aromatic carbocycles. The van der Waals surface area contributed by atoms with Gasteiger partial charge in [-0.05, 0) is 24.3 Å². The lowest BCUT2D eigenvalue weighted by Crippen LogP contribution is -2.32. The molecule has 0 saturated carbocycles. The van der Waals surface area contributed by atoms with Gasteiger partial charge in [-0.2, -0.15) is 0 Å². The number of nitrogens with zero attached hydrogens (tertiary/aromatic N) is 1. The zero-order valence-electron chi connectivity index (χ0n) is 15.4. The number of aliphatic hydroxyl groups is 3. The van der Waals surface area contributed by atoms with Crippen molar-refractivity contribution in [3.05, 3.63) is 71.8 Å². The van der Waals surface area contributed by atoms with Crippen LogP contribution in [0.2, 0.25) is 0 Å². The minimum absolute atomic E-state index is 0.0694. The second-order valence-electron chi connectivity index (χ2n) is 5.49. The molecule has 0 saturated heterocycles. The van der Waals surface area contributed by atoms with E-state index in [2.05, 4.69) is 9.78 Å². The monoisotopic (exact) mass is 391 g/mol. The summed E-state index contributed by atoms with van der Waals surface area (Å²) in [6.07, 6.45) is 0. The van der Waals surface area contributed by atoms with Crippen molar-refractivity contribution in [2.75, 3.05) is 39.5 Å². The number of aliphatic hydroxyl groups excluding tert-OH is 3. The molecule has 0 atom stereocenters. The van der Waals surface area contributed by atoms with Crippen LogP contribution in [0.5, 0.6) is 0 Å². The van der Waals surface area contributed by atoms with Crippen LogP contribution in [0.15, 0.2) is 60.7 Å². The molecule has 28 heavy (non-hydrogen) atoms. The standard InChI is InChI=1S/C14H10O4.C6H15NO3/c15-13(11-7-3-1-4-8-11)17-18-14(16)12-9-5-2-6-10-12;8-4-1-7(2-5-9)3-6-10/h1-10H;8-10H,1-6H2. The minimum atomic E-state index is -0.708. The van der Waals surface area contributed by atoms with Crippen LogP contribution in [0.4, 0.5) is 0 Å². The van der Waals surface area contributed by atoms with E-state index in [9.17, 15) is 9.59 Å². The molecule has 0 spiro atoms. The highest BCUT2D eigenvalue weighted by Gasteiger charge is 2.13. The predicted molar refractivity (Wildman–Crippen MR) is 101 cm³/mol. The molecule has 0 bridgehead atoms. The number of hydrogen-bond donors (Lipinski definition) is 3. The van der Waals surface area contributed by atoms with Gasteiger partial charge in [0.25, 0.3) is 0 Å². The van der Waals surface area contributed by atoms with Crippen molar-refractivity contribution in [3.8, 4) is 0 Å². The maximum Gasteiger partial charge on any atom is 0.386 e. The highest BCUT2D eigenvalue weighted by Crippen LogP contribution is 2.05. The first kappa shape index (κ1) is 23.3. The highest BCUT2D eigenvalue weighted by molar-refractivity contribution is 5.92. The second-order valence-corrected chi connectivity index (χ2v) is 5.49. The summed E-state index contributed by atoms with van der Waals surface area (Å²) in [4.78, 5) is 33.7. The first-order chi connectivity index (χ1) is 13.6. The number of hydrogen-bond acceptors (Lipinski definition) is 8. The Morgan fingerprint density at radius 3 is 1.25 bits per heavy atom. The van der Waals surface area contributed by atoms with Gasteiger partial charge < -0.3 is 15.3 Å². The van der Waals surface area contributed by atoms with Crippen molar-refractivity contribution >= 4 is 11.9 Å². The van der Waals surface area contributed by atoms with Gasteiger partial charge in [-0.15, -0.1) is 0 Å². The van der Waals surface area contributed by atoms with Crippen molar-refractivity contribution in [2.45, 2.75) is 0 Å². The second kappa shape index (κ2) is 14.3. The van der Waals surface area contributed by atoms with Crippen molar-refractivity contribution in [3.63, 3.8) is 0 Å². The van der Waals surface area contributed by atoms with E-state index in [4.69, 9.17) is 15.3 Å². The van der Waals surface area contributed by atoms with Crippen LogP contribution in [0.1, 0.15) is 20.7 Å². The molecule has 0 aliphatic rings. The molecule has 0 aliphatic heterocycles. The molecular weight excluding hydrogens is 366 g/mol. The van der Waals surface area contributed by atoms with E-state index in [-0.39, 0.29) is 19.8 Å². The van der Waals surface area contributed by atoms with E-state index < -0.39 is 11.9 Å². The molecule has 0 aliphatic carbocycles. The summed E-state index contributed by atoms with van der Waals surface area (Å²) >= 11 is 0. The highest BCUT2D eigenvalue weighted by atomic mass is 17.2. The van der Waals surface area contributed by atoms with E-state index in [1.54, 1.807) is 65.6 Å². The van der Waals surface area contributed by atoms with Crippen LogP contribution in [0, 0.1) is 0 Å². The molecule has 0 radical (unpaired) electrons. The maximum absolute atomic E-state index is 11.5. The van der Waals surface area contributed by atoms with Crippen molar-refractivity contribution in [1.29, 1.82) is 0 Å². The Balaban J connectivity index is 0.000000336. The van der Waals surface area contributed by atoms with Gasteiger partial charge in [-0.25, -0.2) is 19.4 Å². The lowest BCUT2D eigenvalue weighted by atomic mass is 10.2. The molecule has 8 heteroatoms. The molecule has 3 N–H and O–H groups in total. The molecule has 0 fully saturated rings. The molecule has 152 valence electrons. The third kappa shape index (κ3) is 9.24. The van der Waals surface area contributed by atoms with Crippen LogP contribution in [-0.4, -0.2) is 71.6 Å². The van der Waals surface area contributed by atoms with Crippen LogP contribution in [-0.2, 0) is 9.78 Å². The van der Waals surface area contributed by atoms with E-state index in [1.165, 1.54) is 0 Å². The summed E-state index contributed by atoms with van der Waals surface area (Å²) in [6, 6.07) is 16.6. The van der Waals surface area contributed by atoms with Gasteiger partial charge in [-0.1, -0.05) is 36.4 Å². The first-order valence-corrected chi connectivity index (χ1v) is 8.70. The minimum Gasteiger partial charge on any atom is -0.395 e. The third-order valence-electron chi connectivity index (χ3n) is 3.46. The van der Waals surface area contributed by atoms with Crippen LogP contribution in [0.3, 0.4) is 0 Å². The van der Waals surface area contributed by atoms with Crippen molar-refractivity contribution < 1.29 is 34.7 Å². The molecule has 2 rings (SSSR count). The van der Waals surface area contributed by atoms with Crippen molar-refractivity contribution in [2.24, 2.45) is 0 Å². The Kier molecular flexibility index (Phi) is 11.9. The smallest absolute Gasteiger partial charge is 0.386 e. The number of benzene rings is 2. The average Bonchev–Trinajstić information content (AvgIpc) is 2.74. The average molecular weight is 391 g/mol. The quantitative estimate of drug-likeness (QED) is 0.449. The Bertz CT molecular complexity index is 614. The van der Waals surface area contributed by atoms with Crippen LogP contribution < -0.4 is 0 Å². The fourth-order valence-corrected chi connectivity index (χ4v) is 2.08. The summed E-state index contributed by atoms with van der Waals surface area (Å²) in [6.45, 7) is 1.75. The predicted octanol–water partition coefficient (Wildman–Crippen LogP) is 0.881. The molecule has 0 amide bonds. The van der Waals surface area contributed by atoms with Gasteiger partial charge in [0, 0.05) is 19.6 Å². The zero-order chi connectivity index (χ0) is 20.6. The van der Waals surface area contributed by atoms with Gasteiger partial charge in [0.05, 0.1) is 30.9 Å². The number of carbonyl (C=O) groups excluding carboxylic acids is 2. The largest absolute Gasteiger partial charge is 0.395 e. The molecule has 8 nitrogen and oxygen atoms in total. The molecular formula is C20H25NO7. The summed E-state index contributed by atoms with van der Waals surface area (Å²) in [5, 5.41) is 25.5. The summed E-state index contributed by atoms with van der Waals surface area (Å²) < 4.78 is 0. The number of rotatable bonds is 8. The molecule has 0 aromatic heterocycles. The summed E-state index contributed by atoms with van der Waals surface area (Å²) in [7, 11) is 0. The lowest BCUT2D eigenvalue weighted by Gasteiger charge is -2.17. The van der Waals surface area contributed by atoms with Gasteiger partial charge in [0.15, 0.2) is 0 Å². The summed E-state index contributed by atoms with van der Waals surface area (Å²) in [5.41, 5.74) is 0.636. The SMILES string of the molecule is O=C(OOC(=O)c1ccccc1)c1ccccc1.OCCN(CCO)CCO. The summed E-state index contributed by atoms with van der Waals surface area (Å²) in [5.74, 6) is -1.42. The third-order valence-corrected chi connectivity index (χ3v) is 3.46. The van der Waals surface area contributed by atoms with E-state index in [0.29, 0.717) is 30.8 Å². The first-order valence-electron chi connectivity index (χ1n) is 8.70. The van der Waals surface area contributed by atoms with Gasteiger partial charge in [0.1, 0.15) is 0 Å². The Hall–Kier alpha value is -2.78. The maximum atomic E-state index is 11.5. The zero-order valence-corrected chi connectivity index (χ0v) is 15.4. The van der Waals surface area contributed by atoms with Crippen molar-refractivity contribution in [1.82, 2.24) is 4.90 Å². The topological polar surface area (TPSA) is 117 Å². The normalized spacial score (nSPS) is 10.0. The molecule has 0 unspecified atom stereocenters. The van der Waals surface area contributed by atoms with Crippen LogP contribution >= 0.6 is 0 Å². The number of carbonyl (C=O) groups is 2. The Labute approximate surface area is 163 Å². The van der Waals surface area contributed by atoms with Gasteiger partial charge in [0.2, 0.25) is 0 Å². The van der Waals surface area contributed by atoms with Gasteiger partial charge >= 0.3 is 11.9 Å².